The Morgan fingerprint density at radius 3 is 2.10 bits per heavy atom. The SMILES string of the molecule is Clc1ccc(Nc2nc(-c3ccc(Cl)cc3)cs2)cc1. The highest BCUT2D eigenvalue weighted by Crippen LogP contribution is 2.28. The van der Waals surface area contributed by atoms with Crippen molar-refractivity contribution in [3.8, 4) is 11.3 Å². The van der Waals surface area contributed by atoms with Crippen LogP contribution >= 0.6 is 34.5 Å². The second kappa shape index (κ2) is 5.83. The van der Waals surface area contributed by atoms with Crippen LogP contribution in [0.4, 0.5) is 10.8 Å². The van der Waals surface area contributed by atoms with Crippen molar-refractivity contribution in [3.05, 3.63) is 64.0 Å². The molecular formula is C15H10Cl2N2S. The Kier molecular flexibility index (Phi) is 3.92. The predicted octanol–water partition coefficient (Wildman–Crippen LogP) is 5.86. The van der Waals surface area contributed by atoms with Gasteiger partial charge in [0.25, 0.3) is 0 Å². The summed E-state index contributed by atoms with van der Waals surface area (Å²) in [5.41, 5.74) is 2.95. The average Bonchev–Trinajstić information content (AvgIpc) is 2.91. The fourth-order valence-electron chi connectivity index (χ4n) is 1.74. The van der Waals surface area contributed by atoms with E-state index in [9.17, 15) is 0 Å². The smallest absolute Gasteiger partial charge is 0.187 e. The van der Waals surface area contributed by atoms with Gasteiger partial charge in [0, 0.05) is 26.7 Å². The van der Waals surface area contributed by atoms with Crippen molar-refractivity contribution in [2.45, 2.75) is 0 Å². The number of nitrogens with one attached hydrogen (secondary N) is 1. The van der Waals surface area contributed by atoms with Gasteiger partial charge in [-0.3, -0.25) is 0 Å². The first-order chi connectivity index (χ1) is 9.70. The highest BCUT2D eigenvalue weighted by molar-refractivity contribution is 7.14. The molecule has 20 heavy (non-hydrogen) atoms. The van der Waals surface area contributed by atoms with Crippen LogP contribution in [0.2, 0.25) is 10.0 Å². The van der Waals surface area contributed by atoms with Gasteiger partial charge < -0.3 is 5.32 Å². The van der Waals surface area contributed by atoms with Gasteiger partial charge in [0.2, 0.25) is 0 Å². The minimum absolute atomic E-state index is 0.719. The maximum Gasteiger partial charge on any atom is 0.187 e. The summed E-state index contributed by atoms with van der Waals surface area (Å²) in [6.07, 6.45) is 0. The van der Waals surface area contributed by atoms with Crippen LogP contribution in [0.25, 0.3) is 11.3 Å². The van der Waals surface area contributed by atoms with Gasteiger partial charge in [-0.25, -0.2) is 4.98 Å². The number of benzene rings is 2. The molecule has 0 amide bonds. The van der Waals surface area contributed by atoms with E-state index in [0.717, 1.165) is 32.1 Å². The van der Waals surface area contributed by atoms with E-state index < -0.39 is 0 Å². The molecule has 2 aromatic carbocycles. The molecule has 0 saturated heterocycles. The van der Waals surface area contributed by atoms with E-state index in [2.05, 4.69) is 10.3 Å². The van der Waals surface area contributed by atoms with Crippen molar-refractivity contribution in [1.29, 1.82) is 0 Å². The largest absolute Gasteiger partial charge is 0.332 e. The first kappa shape index (κ1) is 13.4. The molecule has 2 nitrogen and oxygen atoms in total. The molecule has 0 aliphatic carbocycles. The highest BCUT2D eigenvalue weighted by Gasteiger charge is 2.05. The molecule has 1 heterocycles. The van der Waals surface area contributed by atoms with E-state index in [1.54, 1.807) is 11.3 Å². The Hall–Kier alpha value is -1.55. The molecule has 0 saturated carbocycles. The standard InChI is InChI=1S/C15H10Cl2N2S/c16-11-3-1-10(2-4-11)14-9-20-15(19-14)18-13-7-5-12(17)6-8-13/h1-9H,(H,18,19). The first-order valence-corrected chi connectivity index (χ1v) is 7.58. The van der Waals surface area contributed by atoms with Crippen LogP contribution in [0, 0.1) is 0 Å². The number of anilines is 2. The summed E-state index contributed by atoms with van der Waals surface area (Å²) in [5, 5.41) is 7.56. The van der Waals surface area contributed by atoms with Gasteiger partial charge >= 0.3 is 0 Å². The van der Waals surface area contributed by atoms with Crippen LogP contribution in [-0.2, 0) is 0 Å². The Morgan fingerprint density at radius 1 is 0.850 bits per heavy atom. The fraction of sp³-hybridized carbons (Fsp3) is 0. The summed E-state index contributed by atoms with van der Waals surface area (Å²) in [5.74, 6) is 0. The average molecular weight is 321 g/mol. The number of hydrogen-bond donors (Lipinski definition) is 1. The highest BCUT2D eigenvalue weighted by atomic mass is 35.5. The molecule has 3 rings (SSSR count). The van der Waals surface area contributed by atoms with Crippen molar-refractivity contribution in [2.24, 2.45) is 0 Å². The lowest BCUT2D eigenvalue weighted by Gasteiger charge is -2.02. The van der Waals surface area contributed by atoms with Crippen LogP contribution in [0.1, 0.15) is 0 Å². The molecule has 0 atom stereocenters. The van der Waals surface area contributed by atoms with Crippen molar-refractivity contribution < 1.29 is 0 Å². The molecule has 1 N–H and O–H groups in total. The van der Waals surface area contributed by atoms with E-state index in [1.165, 1.54) is 0 Å². The van der Waals surface area contributed by atoms with Crippen LogP contribution < -0.4 is 5.32 Å². The fourth-order valence-corrected chi connectivity index (χ4v) is 2.73. The van der Waals surface area contributed by atoms with E-state index >= 15 is 0 Å². The summed E-state index contributed by atoms with van der Waals surface area (Å²) < 4.78 is 0. The second-order valence-corrected chi connectivity index (χ2v) is 5.91. The second-order valence-electron chi connectivity index (χ2n) is 4.18. The molecule has 0 spiro atoms. The zero-order valence-electron chi connectivity index (χ0n) is 10.3. The summed E-state index contributed by atoms with van der Waals surface area (Å²) in [4.78, 5) is 4.56. The molecule has 0 unspecified atom stereocenters. The quantitative estimate of drug-likeness (QED) is 0.653. The molecular weight excluding hydrogens is 311 g/mol. The van der Waals surface area contributed by atoms with Crippen LogP contribution in [0.5, 0.6) is 0 Å². The Labute approximate surface area is 131 Å². The number of hydrogen-bond acceptors (Lipinski definition) is 3. The van der Waals surface area contributed by atoms with Gasteiger partial charge in [-0.1, -0.05) is 35.3 Å². The first-order valence-electron chi connectivity index (χ1n) is 5.95. The van der Waals surface area contributed by atoms with Crippen molar-refractivity contribution in [3.63, 3.8) is 0 Å². The van der Waals surface area contributed by atoms with Crippen LogP contribution in [-0.4, -0.2) is 4.98 Å². The van der Waals surface area contributed by atoms with E-state index in [1.807, 2.05) is 53.9 Å². The summed E-state index contributed by atoms with van der Waals surface area (Å²) in [7, 11) is 0. The van der Waals surface area contributed by atoms with Crippen LogP contribution in [0.3, 0.4) is 0 Å². The molecule has 1 aromatic heterocycles. The van der Waals surface area contributed by atoms with Gasteiger partial charge in [0.1, 0.15) is 0 Å². The summed E-state index contributed by atoms with van der Waals surface area (Å²) >= 11 is 13.3. The van der Waals surface area contributed by atoms with E-state index in [-0.39, 0.29) is 0 Å². The summed E-state index contributed by atoms with van der Waals surface area (Å²) in [6, 6.07) is 15.2. The number of aromatic nitrogens is 1. The Bertz CT molecular complexity index is 705. The zero-order chi connectivity index (χ0) is 13.9. The number of thiazole rings is 1. The molecule has 100 valence electrons. The van der Waals surface area contributed by atoms with Gasteiger partial charge in [-0.15, -0.1) is 11.3 Å². The maximum atomic E-state index is 5.88. The van der Waals surface area contributed by atoms with Crippen molar-refractivity contribution in [2.75, 3.05) is 5.32 Å². The third kappa shape index (κ3) is 3.12. The number of rotatable bonds is 3. The molecule has 0 aliphatic rings. The molecule has 5 heteroatoms. The van der Waals surface area contributed by atoms with Gasteiger partial charge in [0.15, 0.2) is 5.13 Å². The normalized spacial score (nSPS) is 10.5. The minimum Gasteiger partial charge on any atom is -0.332 e. The molecule has 0 fully saturated rings. The zero-order valence-corrected chi connectivity index (χ0v) is 12.6. The van der Waals surface area contributed by atoms with Crippen LogP contribution in [0.15, 0.2) is 53.9 Å². The molecule has 0 aliphatic heterocycles. The summed E-state index contributed by atoms with van der Waals surface area (Å²) in [6.45, 7) is 0. The predicted molar refractivity (Wildman–Crippen MR) is 87.3 cm³/mol. The third-order valence-corrected chi connectivity index (χ3v) is 4.00. The molecule has 0 radical (unpaired) electrons. The van der Waals surface area contributed by atoms with Crippen molar-refractivity contribution in [1.82, 2.24) is 4.98 Å². The van der Waals surface area contributed by atoms with E-state index in [4.69, 9.17) is 23.2 Å². The maximum absolute atomic E-state index is 5.88. The topological polar surface area (TPSA) is 24.9 Å². The Balaban J connectivity index is 1.80. The monoisotopic (exact) mass is 320 g/mol. The van der Waals surface area contributed by atoms with Gasteiger partial charge in [-0.05, 0) is 36.4 Å². The molecule has 0 bridgehead atoms. The third-order valence-electron chi connectivity index (χ3n) is 2.74. The van der Waals surface area contributed by atoms with Gasteiger partial charge in [0.05, 0.1) is 5.69 Å². The molecule has 3 aromatic rings. The lowest BCUT2D eigenvalue weighted by molar-refractivity contribution is 1.38. The number of halogens is 2. The van der Waals surface area contributed by atoms with E-state index in [0.29, 0.717) is 0 Å². The lowest BCUT2D eigenvalue weighted by Crippen LogP contribution is -1.88. The van der Waals surface area contributed by atoms with Crippen molar-refractivity contribution >= 4 is 45.4 Å². The minimum atomic E-state index is 0.719. The van der Waals surface area contributed by atoms with Gasteiger partial charge in [-0.2, -0.15) is 0 Å². The lowest BCUT2D eigenvalue weighted by atomic mass is 10.2. The Morgan fingerprint density at radius 2 is 1.45 bits per heavy atom. The number of nitrogens with zero attached hydrogens (tertiary/aromatic N) is 1.